The van der Waals surface area contributed by atoms with Crippen molar-refractivity contribution < 1.29 is 8.42 Å². The Hall–Kier alpha value is -0.630. The first-order chi connectivity index (χ1) is 8.90. The van der Waals surface area contributed by atoms with Crippen LogP contribution in [0.5, 0.6) is 0 Å². The van der Waals surface area contributed by atoms with E-state index in [-0.39, 0.29) is 0 Å². The van der Waals surface area contributed by atoms with Gasteiger partial charge in [-0.05, 0) is 37.1 Å². The monoisotopic (exact) mass is 347 g/mol. The third-order valence-electron chi connectivity index (χ3n) is 3.14. The largest absolute Gasteiger partial charge is 0.314 e. The second-order valence-corrected chi connectivity index (χ2v) is 7.26. The van der Waals surface area contributed by atoms with E-state index in [1.807, 2.05) is 26.0 Å². The van der Waals surface area contributed by atoms with Gasteiger partial charge in [0.1, 0.15) is 0 Å². The van der Waals surface area contributed by atoms with E-state index in [4.69, 9.17) is 0 Å². The number of piperazine rings is 1. The minimum Gasteiger partial charge on any atom is -0.314 e. The molecule has 0 atom stereocenters. The summed E-state index contributed by atoms with van der Waals surface area (Å²) in [5, 5.41) is 3.14. The zero-order valence-corrected chi connectivity index (χ0v) is 13.4. The van der Waals surface area contributed by atoms with E-state index in [0.717, 1.165) is 15.6 Å². The highest BCUT2D eigenvalue weighted by molar-refractivity contribution is 9.10. The van der Waals surface area contributed by atoms with Gasteiger partial charge in [0.25, 0.3) is 0 Å². The molecule has 5 nitrogen and oxygen atoms in total. The molecule has 1 aromatic carbocycles. The molecule has 2 rings (SSSR count). The molecule has 19 heavy (non-hydrogen) atoms. The molecule has 7 heteroatoms. The molecular formula is C12H18BrN3O2S. The molecule has 0 saturated carbocycles. The number of hydrogen-bond donors (Lipinski definition) is 2. The molecule has 1 fully saturated rings. The lowest BCUT2D eigenvalue weighted by molar-refractivity contribution is 0.362. The Kier molecular flexibility index (Phi) is 4.50. The molecule has 0 unspecified atom stereocenters. The van der Waals surface area contributed by atoms with E-state index in [0.29, 0.717) is 31.9 Å². The standard InChI is InChI=1S/C12H18BrN3O2S/c1-9-7-11(13)8-10(2)12(9)15-19(17,18)16-5-3-14-4-6-16/h7-8,14-15H,3-6H2,1-2H3. The van der Waals surface area contributed by atoms with Crippen LogP contribution >= 0.6 is 15.9 Å². The third kappa shape index (κ3) is 3.47. The molecule has 0 aromatic heterocycles. The van der Waals surface area contributed by atoms with Gasteiger partial charge in [0.15, 0.2) is 0 Å². The van der Waals surface area contributed by atoms with Crippen LogP contribution < -0.4 is 10.0 Å². The number of hydrogen-bond acceptors (Lipinski definition) is 3. The van der Waals surface area contributed by atoms with Crippen LogP contribution in [-0.2, 0) is 10.2 Å². The lowest BCUT2D eigenvalue weighted by atomic mass is 10.1. The zero-order valence-electron chi connectivity index (χ0n) is 11.0. The predicted molar refractivity (Wildman–Crippen MR) is 80.6 cm³/mol. The summed E-state index contributed by atoms with van der Waals surface area (Å²) in [5.74, 6) is 0. The molecule has 1 aromatic rings. The number of aryl methyl sites for hydroxylation is 2. The third-order valence-corrected chi connectivity index (χ3v) is 5.11. The van der Waals surface area contributed by atoms with E-state index in [2.05, 4.69) is 26.0 Å². The molecule has 2 N–H and O–H groups in total. The van der Waals surface area contributed by atoms with Crippen molar-refractivity contribution in [1.82, 2.24) is 9.62 Å². The van der Waals surface area contributed by atoms with Gasteiger partial charge in [-0.1, -0.05) is 15.9 Å². The van der Waals surface area contributed by atoms with Gasteiger partial charge in [-0.2, -0.15) is 12.7 Å². The highest BCUT2D eigenvalue weighted by Gasteiger charge is 2.24. The summed E-state index contributed by atoms with van der Waals surface area (Å²) >= 11 is 3.41. The van der Waals surface area contributed by atoms with Gasteiger partial charge in [-0.25, -0.2) is 0 Å². The molecule has 1 aliphatic rings. The summed E-state index contributed by atoms with van der Waals surface area (Å²) in [6, 6.07) is 3.81. The van der Waals surface area contributed by atoms with Gasteiger partial charge < -0.3 is 5.32 Å². The van der Waals surface area contributed by atoms with Gasteiger partial charge in [-0.15, -0.1) is 0 Å². The van der Waals surface area contributed by atoms with E-state index < -0.39 is 10.2 Å². The zero-order chi connectivity index (χ0) is 14.0. The van der Waals surface area contributed by atoms with Crippen molar-refractivity contribution in [3.05, 3.63) is 27.7 Å². The number of anilines is 1. The summed E-state index contributed by atoms with van der Waals surface area (Å²) < 4.78 is 29.8. The molecule has 0 spiro atoms. The Balaban J connectivity index is 2.25. The van der Waals surface area contributed by atoms with Crippen molar-refractivity contribution >= 4 is 31.8 Å². The normalized spacial score (nSPS) is 17.4. The van der Waals surface area contributed by atoms with Crippen LogP contribution in [0.25, 0.3) is 0 Å². The minimum absolute atomic E-state index is 0.504. The first-order valence-electron chi connectivity index (χ1n) is 6.15. The number of rotatable bonds is 3. The fourth-order valence-corrected chi connectivity index (χ4v) is 4.21. The fourth-order valence-electron chi connectivity index (χ4n) is 2.15. The van der Waals surface area contributed by atoms with Crippen molar-refractivity contribution in [2.24, 2.45) is 0 Å². The molecule has 0 radical (unpaired) electrons. The molecule has 1 heterocycles. The highest BCUT2D eigenvalue weighted by Crippen LogP contribution is 2.26. The second-order valence-electron chi connectivity index (χ2n) is 4.67. The lowest BCUT2D eigenvalue weighted by Gasteiger charge is -2.27. The number of benzene rings is 1. The SMILES string of the molecule is Cc1cc(Br)cc(C)c1NS(=O)(=O)N1CCNCC1. The Morgan fingerprint density at radius 1 is 1.21 bits per heavy atom. The second kappa shape index (κ2) is 5.78. The quantitative estimate of drug-likeness (QED) is 0.873. The molecule has 106 valence electrons. The molecule has 0 aliphatic carbocycles. The first-order valence-corrected chi connectivity index (χ1v) is 8.39. The van der Waals surface area contributed by atoms with Crippen LogP contribution in [0.2, 0.25) is 0 Å². The summed E-state index contributed by atoms with van der Waals surface area (Å²) in [5.41, 5.74) is 2.48. The molecule has 0 bridgehead atoms. The van der Waals surface area contributed by atoms with E-state index in [1.165, 1.54) is 4.31 Å². The van der Waals surface area contributed by atoms with Crippen molar-refractivity contribution in [2.75, 3.05) is 30.9 Å². The van der Waals surface area contributed by atoms with Crippen LogP contribution in [0, 0.1) is 13.8 Å². The number of nitrogens with zero attached hydrogens (tertiary/aromatic N) is 1. The van der Waals surface area contributed by atoms with Crippen LogP contribution in [0.1, 0.15) is 11.1 Å². The van der Waals surface area contributed by atoms with Gasteiger partial charge >= 0.3 is 10.2 Å². The number of halogens is 1. The maximum atomic E-state index is 12.3. The lowest BCUT2D eigenvalue weighted by Crippen LogP contribution is -2.48. The summed E-state index contributed by atoms with van der Waals surface area (Å²) in [7, 11) is -3.47. The van der Waals surface area contributed by atoms with Crippen molar-refractivity contribution in [3.63, 3.8) is 0 Å². The van der Waals surface area contributed by atoms with E-state index in [9.17, 15) is 8.42 Å². The van der Waals surface area contributed by atoms with Crippen molar-refractivity contribution in [1.29, 1.82) is 0 Å². The van der Waals surface area contributed by atoms with Crippen LogP contribution in [0.15, 0.2) is 16.6 Å². The minimum atomic E-state index is -3.47. The highest BCUT2D eigenvalue weighted by atomic mass is 79.9. The van der Waals surface area contributed by atoms with Crippen molar-refractivity contribution in [2.45, 2.75) is 13.8 Å². The molecule has 1 saturated heterocycles. The average Bonchev–Trinajstić information content (AvgIpc) is 2.35. The van der Waals surface area contributed by atoms with E-state index >= 15 is 0 Å². The van der Waals surface area contributed by atoms with Crippen LogP contribution in [-0.4, -0.2) is 38.9 Å². The fraction of sp³-hybridized carbons (Fsp3) is 0.500. The predicted octanol–water partition coefficient (Wildman–Crippen LogP) is 1.63. The summed E-state index contributed by atoms with van der Waals surface area (Å²) in [6.07, 6.45) is 0. The molecule has 1 aliphatic heterocycles. The summed E-state index contributed by atoms with van der Waals surface area (Å²) in [6.45, 7) is 6.19. The Morgan fingerprint density at radius 3 is 2.26 bits per heavy atom. The molecular weight excluding hydrogens is 330 g/mol. The Morgan fingerprint density at radius 2 is 1.74 bits per heavy atom. The average molecular weight is 348 g/mol. The van der Waals surface area contributed by atoms with Crippen LogP contribution in [0.3, 0.4) is 0 Å². The van der Waals surface area contributed by atoms with Gasteiger partial charge in [0.2, 0.25) is 0 Å². The summed E-state index contributed by atoms with van der Waals surface area (Å²) in [4.78, 5) is 0. The van der Waals surface area contributed by atoms with Gasteiger partial charge in [-0.3, -0.25) is 4.72 Å². The Labute approximate surface area is 122 Å². The van der Waals surface area contributed by atoms with E-state index in [1.54, 1.807) is 0 Å². The van der Waals surface area contributed by atoms with Gasteiger partial charge in [0, 0.05) is 30.7 Å². The van der Waals surface area contributed by atoms with Crippen LogP contribution in [0.4, 0.5) is 5.69 Å². The molecule has 0 amide bonds. The Bertz CT molecular complexity index is 545. The topological polar surface area (TPSA) is 61.4 Å². The smallest absolute Gasteiger partial charge is 0.301 e. The maximum absolute atomic E-state index is 12.3. The maximum Gasteiger partial charge on any atom is 0.301 e. The first kappa shape index (κ1) is 14.8. The number of nitrogens with one attached hydrogen (secondary N) is 2. The van der Waals surface area contributed by atoms with Crippen molar-refractivity contribution in [3.8, 4) is 0 Å². The van der Waals surface area contributed by atoms with Gasteiger partial charge in [0.05, 0.1) is 5.69 Å².